The number of hydrogen-bond donors (Lipinski definition) is 2. The van der Waals surface area contributed by atoms with Crippen molar-refractivity contribution in [2.45, 2.75) is 6.10 Å². The Labute approximate surface area is 111 Å². The Balaban J connectivity index is 1.90. The second-order valence-corrected chi connectivity index (χ2v) is 4.63. The van der Waals surface area contributed by atoms with Gasteiger partial charge < -0.3 is 20.1 Å². The van der Waals surface area contributed by atoms with E-state index in [0.717, 1.165) is 19.2 Å². The molecule has 1 aliphatic rings. The summed E-state index contributed by atoms with van der Waals surface area (Å²) in [4.78, 5) is 13.9. The topological polar surface area (TPSA) is 61.8 Å². The second-order valence-electron chi connectivity index (χ2n) is 4.63. The van der Waals surface area contributed by atoms with Crippen LogP contribution in [0, 0.1) is 5.82 Å². The third-order valence-electron chi connectivity index (χ3n) is 3.03. The zero-order chi connectivity index (χ0) is 13.8. The summed E-state index contributed by atoms with van der Waals surface area (Å²) in [6.07, 6.45) is -0.0807. The summed E-state index contributed by atoms with van der Waals surface area (Å²) >= 11 is 0. The lowest BCUT2D eigenvalue weighted by Crippen LogP contribution is -2.46. The molecule has 6 heteroatoms. The Kier molecular flexibility index (Phi) is 4.34. The van der Waals surface area contributed by atoms with Crippen LogP contribution in [0.5, 0.6) is 5.75 Å². The lowest BCUT2D eigenvalue weighted by atomic mass is 10.2. The van der Waals surface area contributed by atoms with E-state index >= 15 is 0 Å². The number of likely N-dealkylation sites (N-methyl/N-ethyl adjacent to an activating group) is 1. The van der Waals surface area contributed by atoms with Gasteiger partial charge in [-0.15, -0.1) is 0 Å². The number of aromatic hydroxyl groups is 1. The average Bonchev–Trinajstić information content (AvgIpc) is 2.36. The molecule has 0 saturated carbocycles. The molecule has 0 bridgehead atoms. The molecule has 1 aromatic carbocycles. The van der Waals surface area contributed by atoms with Crippen molar-refractivity contribution in [3.05, 3.63) is 29.6 Å². The maximum Gasteiger partial charge on any atom is 0.254 e. The molecule has 1 aromatic rings. The summed E-state index contributed by atoms with van der Waals surface area (Å²) in [5.41, 5.74) is -0.0815. The molecule has 1 heterocycles. The highest BCUT2D eigenvalue weighted by Gasteiger charge is 2.19. The number of phenols is 1. The highest BCUT2D eigenvalue weighted by molar-refractivity contribution is 5.94. The minimum atomic E-state index is -0.737. The number of hydrogen-bond acceptors (Lipinski definition) is 4. The lowest BCUT2D eigenvalue weighted by Gasteiger charge is -2.30. The molecule has 5 nitrogen and oxygen atoms in total. The van der Waals surface area contributed by atoms with Gasteiger partial charge in [0.25, 0.3) is 5.91 Å². The van der Waals surface area contributed by atoms with Gasteiger partial charge in [-0.2, -0.15) is 0 Å². The van der Waals surface area contributed by atoms with Gasteiger partial charge in [0, 0.05) is 25.7 Å². The first-order valence-corrected chi connectivity index (χ1v) is 6.13. The fourth-order valence-electron chi connectivity index (χ4n) is 1.98. The third kappa shape index (κ3) is 3.65. The fourth-order valence-corrected chi connectivity index (χ4v) is 1.98. The monoisotopic (exact) mass is 268 g/mol. The van der Waals surface area contributed by atoms with E-state index in [2.05, 4.69) is 10.2 Å². The predicted molar refractivity (Wildman–Crippen MR) is 67.6 cm³/mol. The van der Waals surface area contributed by atoms with Crippen LogP contribution >= 0.6 is 0 Å². The highest BCUT2D eigenvalue weighted by atomic mass is 19.1. The molecule has 0 aromatic heterocycles. The van der Waals surface area contributed by atoms with Crippen LogP contribution in [0.25, 0.3) is 0 Å². The number of morpholine rings is 1. The maximum absolute atomic E-state index is 13.5. The number of nitrogens with zero attached hydrogens (tertiary/aromatic N) is 1. The Bertz CT molecular complexity index is 467. The first-order valence-electron chi connectivity index (χ1n) is 6.13. The first-order chi connectivity index (χ1) is 9.06. The molecule has 1 amide bonds. The van der Waals surface area contributed by atoms with Crippen molar-refractivity contribution in [3.8, 4) is 5.75 Å². The molecule has 1 saturated heterocycles. The van der Waals surface area contributed by atoms with E-state index in [1.165, 1.54) is 12.1 Å². The molecule has 104 valence electrons. The summed E-state index contributed by atoms with van der Waals surface area (Å²) in [6.45, 7) is 2.57. The Hall–Kier alpha value is -1.66. The van der Waals surface area contributed by atoms with Crippen LogP contribution in [0.1, 0.15) is 10.4 Å². The molecule has 1 fully saturated rings. The van der Waals surface area contributed by atoms with Crippen molar-refractivity contribution >= 4 is 5.91 Å². The Morgan fingerprint density at radius 2 is 2.42 bits per heavy atom. The van der Waals surface area contributed by atoms with Gasteiger partial charge >= 0.3 is 0 Å². The molecule has 1 unspecified atom stereocenters. The average molecular weight is 268 g/mol. The molecule has 1 aliphatic heterocycles. The largest absolute Gasteiger partial charge is 0.508 e. The van der Waals surface area contributed by atoms with Crippen LogP contribution in [0.15, 0.2) is 18.2 Å². The number of rotatable bonds is 3. The molecular formula is C13H17FN2O3. The van der Waals surface area contributed by atoms with E-state index < -0.39 is 11.7 Å². The number of ether oxygens (including phenoxy) is 1. The van der Waals surface area contributed by atoms with Gasteiger partial charge in [0.1, 0.15) is 11.6 Å². The van der Waals surface area contributed by atoms with Crippen molar-refractivity contribution < 1.29 is 19.0 Å². The van der Waals surface area contributed by atoms with E-state index in [1.807, 2.05) is 7.05 Å². The summed E-state index contributed by atoms with van der Waals surface area (Å²) in [5.74, 6) is -1.44. The minimum Gasteiger partial charge on any atom is -0.508 e. The van der Waals surface area contributed by atoms with Gasteiger partial charge in [-0.3, -0.25) is 4.79 Å². The Morgan fingerprint density at radius 3 is 3.11 bits per heavy atom. The number of benzene rings is 1. The summed E-state index contributed by atoms with van der Waals surface area (Å²) in [7, 11) is 1.98. The normalized spacial score (nSPS) is 20.2. The molecular weight excluding hydrogens is 251 g/mol. The van der Waals surface area contributed by atoms with Crippen LogP contribution in [0.3, 0.4) is 0 Å². The zero-order valence-electron chi connectivity index (χ0n) is 10.7. The molecule has 19 heavy (non-hydrogen) atoms. The van der Waals surface area contributed by atoms with E-state index in [-0.39, 0.29) is 17.4 Å². The number of phenolic OH excluding ortho intramolecular Hbond substituents is 1. The first kappa shape index (κ1) is 13.8. The van der Waals surface area contributed by atoms with Crippen LogP contribution < -0.4 is 5.32 Å². The lowest BCUT2D eigenvalue weighted by molar-refractivity contribution is -0.0175. The minimum absolute atomic E-state index is 0.0807. The van der Waals surface area contributed by atoms with E-state index in [1.54, 1.807) is 0 Å². The summed E-state index contributed by atoms with van der Waals surface area (Å²) < 4.78 is 19.0. The number of carbonyl (C=O) groups is 1. The zero-order valence-corrected chi connectivity index (χ0v) is 10.7. The van der Waals surface area contributed by atoms with Gasteiger partial charge in [0.2, 0.25) is 0 Å². The summed E-state index contributed by atoms with van der Waals surface area (Å²) in [5, 5.41) is 11.7. The highest BCUT2D eigenvalue weighted by Crippen LogP contribution is 2.14. The van der Waals surface area contributed by atoms with Gasteiger partial charge in [0.15, 0.2) is 0 Å². The van der Waals surface area contributed by atoms with Crippen molar-refractivity contribution in [2.24, 2.45) is 0 Å². The van der Waals surface area contributed by atoms with Gasteiger partial charge in [0.05, 0.1) is 18.3 Å². The standard InChI is InChI=1S/C13H17FN2O3/c1-16-4-5-19-10(8-16)7-15-13(18)11-3-2-9(17)6-12(11)14/h2-3,6,10,17H,4-5,7-8H2,1H3,(H,15,18). The predicted octanol–water partition coefficient (Wildman–Crippen LogP) is 0.592. The van der Waals surface area contributed by atoms with Crippen LogP contribution in [-0.2, 0) is 4.74 Å². The molecule has 0 spiro atoms. The molecule has 2 rings (SSSR count). The molecule has 1 atom stereocenters. The van der Waals surface area contributed by atoms with Crippen LogP contribution in [0.4, 0.5) is 4.39 Å². The Morgan fingerprint density at radius 1 is 1.63 bits per heavy atom. The number of halogens is 1. The fraction of sp³-hybridized carbons (Fsp3) is 0.462. The quantitative estimate of drug-likeness (QED) is 0.842. The van der Waals surface area contributed by atoms with Crippen molar-refractivity contribution in [3.63, 3.8) is 0 Å². The smallest absolute Gasteiger partial charge is 0.254 e. The number of amides is 1. The third-order valence-corrected chi connectivity index (χ3v) is 3.03. The maximum atomic E-state index is 13.5. The van der Waals surface area contributed by atoms with Gasteiger partial charge in [-0.25, -0.2) is 4.39 Å². The SMILES string of the molecule is CN1CCOC(CNC(=O)c2ccc(O)cc2F)C1. The van der Waals surface area contributed by atoms with Gasteiger partial charge in [-0.1, -0.05) is 0 Å². The van der Waals surface area contributed by atoms with Crippen molar-refractivity contribution in [1.29, 1.82) is 0 Å². The summed E-state index contributed by atoms with van der Waals surface area (Å²) in [6, 6.07) is 3.45. The van der Waals surface area contributed by atoms with Gasteiger partial charge in [-0.05, 0) is 19.2 Å². The van der Waals surface area contributed by atoms with E-state index in [9.17, 15) is 9.18 Å². The van der Waals surface area contributed by atoms with Crippen LogP contribution in [-0.4, -0.2) is 55.3 Å². The van der Waals surface area contributed by atoms with Crippen molar-refractivity contribution in [1.82, 2.24) is 10.2 Å². The van der Waals surface area contributed by atoms with Crippen molar-refractivity contribution in [2.75, 3.05) is 33.3 Å². The van der Waals surface area contributed by atoms with E-state index in [0.29, 0.717) is 13.2 Å². The number of carbonyl (C=O) groups excluding carboxylic acids is 1. The van der Waals surface area contributed by atoms with Crippen LogP contribution in [0.2, 0.25) is 0 Å². The molecule has 2 N–H and O–H groups in total. The number of nitrogens with one attached hydrogen (secondary N) is 1. The molecule has 0 radical (unpaired) electrons. The second kappa shape index (κ2) is 5.99. The molecule has 0 aliphatic carbocycles. The van der Waals surface area contributed by atoms with E-state index in [4.69, 9.17) is 9.84 Å².